The molecule has 7 heteroatoms. The Morgan fingerprint density at radius 2 is 1.67 bits per heavy atom. The van der Waals surface area contributed by atoms with E-state index in [-0.39, 0.29) is 23.0 Å². The number of ether oxygens (including phenoxy) is 1. The lowest BCUT2D eigenvalue weighted by Gasteiger charge is -2.27. The third-order valence-corrected chi connectivity index (χ3v) is 5.92. The van der Waals surface area contributed by atoms with Gasteiger partial charge in [0.1, 0.15) is 5.58 Å². The van der Waals surface area contributed by atoms with E-state index in [4.69, 9.17) is 9.15 Å². The first-order valence-electron chi connectivity index (χ1n) is 11.5. The molecule has 5 rings (SSSR count). The average molecular weight is 482 g/mol. The van der Waals surface area contributed by atoms with E-state index in [1.807, 2.05) is 18.2 Å². The molecule has 0 aliphatic carbocycles. The molecule has 2 heterocycles. The van der Waals surface area contributed by atoms with Gasteiger partial charge in [-0.05, 0) is 49.7 Å². The fourth-order valence-corrected chi connectivity index (χ4v) is 4.35. The van der Waals surface area contributed by atoms with Crippen LogP contribution in [-0.2, 0) is 9.53 Å². The highest BCUT2D eigenvalue weighted by Gasteiger charge is 2.45. The Labute approximate surface area is 207 Å². The smallest absolute Gasteiger partial charge is 0.338 e. The van der Waals surface area contributed by atoms with Crippen LogP contribution in [0.2, 0.25) is 0 Å². The van der Waals surface area contributed by atoms with Crippen LogP contribution in [0, 0.1) is 0 Å². The summed E-state index contributed by atoms with van der Waals surface area (Å²) >= 11 is 0. The number of benzene rings is 3. The molecule has 0 fully saturated rings. The van der Waals surface area contributed by atoms with Crippen molar-refractivity contribution in [3.63, 3.8) is 0 Å². The molecule has 0 bridgehead atoms. The number of furan rings is 1. The molecule has 180 valence electrons. The predicted octanol–water partition coefficient (Wildman–Crippen LogP) is 5.78. The van der Waals surface area contributed by atoms with Crippen LogP contribution >= 0.6 is 0 Å². The molecule has 1 aliphatic heterocycles. The van der Waals surface area contributed by atoms with E-state index in [1.54, 1.807) is 74.5 Å². The number of ketones is 1. The summed E-state index contributed by atoms with van der Waals surface area (Å²) < 4.78 is 11.0. The minimum atomic E-state index is -0.934. The number of para-hydroxylation sites is 1. The van der Waals surface area contributed by atoms with Crippen LogP contribution in [0.1, 0.15) is 46.4 Å². The molecule has 1 unspecified atom stereocenters. The molecule has 4 aromatic rings. The largest absolute Gasteiger partial charge is 0.503 e. The number of hydrogen-bond donors (Lipinski definition) is 1. The van der Waals surface area contributed by atoms with E-state index in [0.717, 1.165) is 5.39 Å². The van der Waals surface area contributed by atoms with Crippen LogP contribution in [0.15, 0.2) is 101 Å². The van der Waals surface area contributed by atoms with E-state index < -0.39 is 29.5 Å². The van der Waals surface area contributed by atoms with Gasteiger partial charge in [0.05, 0.1) is 23.3 Å². The molecule has 1 aliphatic rings. The number of aliphatic hydroxyl groups is 1. The maximum Gasteiger partial charge on any atom is 0.338 e. The molecule has 36 heavy (non-hydrogen) atoms. The molecule has 1 amide bonds. The maximum absolute atomic E-state index is 13.7. The van der Waals surface area contributed by atoms with Gasteiger partial charge in [-0.3, -0.25) is 14.5 Å². The summed E-state index contributed by atoms with van der Waals surface area (Å²) in [5.74, 6) is -2.53. The molecular formula is C29H23NO6. The van der Waals surface area contributed by atoms with Crippen molar-refractivity contribution < 1.29 is 28.6 Å². The summed E-state index contributed by atoms with van der Waals surface area (Å²) in [6.45, 7) is 3.49. The van der Waals surface area contributed by atoms with Gasteiger partial charge in [-0.2, -0.15) is 0 Å². The van der Waals surface area contributed by atoms with Gasteiger partial charge in [0, 0.05) is 11.1 Å². The summed E-state index contributed by atoms with van der Waals surface area (Å²) in [4.78, 5) is 40.9. The Morgan fingerprint density at radius 1 is 0.944 bits per heavy atom. The highest BCUT2D eigenvalue weighted by molar-refractivity contribution is 6.20. The van der Waals surface area contributed by atoms with Gasteiger partial charge >= 0.3 is 5.97 Å². The Morgan fingerprint density at radius 3 is 2.39 bits per heavy atom. The number of anilines is 1. The van der Waals surface area contributed by atoms with Gasteiger partial charge in [-0.25, -0.2) is 4.79 Å². The quantitative estimate of drug-likeness (QED) is 0.277. The van der Waals surface area contributed by atoms with Crippen LogP contribution < -0.4 is 4.90 Å². The second-order valence-corrected chi connectivity index (χ2v) is 8.73. The van der Waals surface area contributed by atoms with Crippen molar-refractivity contribution in [2.24, 2.45) is 0 Å². The van der Waals surface area contributed by atoms with Gasteiger partial charge in [0.15, 0.2) is 11.5 Å². The van der Waals surface area contributed by atoms with Crippen molar-refractivity contribution in [2.45, 2.75) is 26.0 Å². The second-order valence-electron chi connectivity index (χ2n) is 8.73. The SMILES string of the molecule is CC(C)OC(=O)c1cccc(N2C(=O)C(O)=C(C(=O)c3cc4ccccc4o3)C2c2ccccc2)c1. The van der Waals surface area contributed by atoms with E-state index in [1.165, 1.54) is 11.0 Å². The molecule has 0 spiro atoms. The second kappa shape index (κ2) is 9.19. The number of hydrogen-bond acceptors (Lipinski definition) is 6. The standard InChI is InChI=1S/C29H23NO6/c1-17(2)35-29(34)20-12-8-13-21(15-20)30-25(18-9-4-3-5-10-18)24(27(32)28(30)33)26(31)23-16-19-11-6-7-14-22(19)36-23/h3-17,25,32H,1-2H3. The molecule has 0 saturated carbocycles. The fraction of sp³-hybridized carbons (Fsp3) is 0.138. The molecule has 1 atom stereocenters. The Hall–Kier alpha value is -4.65. The first-order chi connectivity index (χ1) is 17.3. The zero-order chi connectivity index (χ0) is 25.4. The van der Waals surface area contributed by atoms with Crippen molar-refractivity contribution in [3.05, 3.63) is 113 Å². The molecule has 1 N–H and O–H groups in total. The van der Waals surface area contributed by atoms with Crippen molar-refractivity contribution in [1.29, 1.82) is 0 Å². The van der Waals surface area contributed by atoms with Crippen LogP contribution in [0.5, 0.6) is 0 Å². The van der Waals surface area contributed by atoms with Crippen molar-refractivity contribution in [2.75, 3.05) is 4.90 Å². The number of carbonyl (C=O) groups is 3. The predicted molar refractivity (Wildman–Crippen MR) is 134 cm³/mol. The van der Waals surface area contributed by atoms with Crippen molar-refractivity contribution >= 4 is 34.3 Å². The lowest BCUT2D eigenvalue weighted by Crippen LogP contribution is -2.31. The summed E-state index contributed by atoms with van der Waals surface area (Å²) in [5, 5.41) is 11.7. The van der Waals surface area contributed by atoms with Gasteiger partial charge in [-0.15, -0.1) is 0 Å². The number of fused-ring (bicyclic) bond motifs is 1. The lowest BCUT2D eigenvalue weighted by atomic mass is 9.94. The van der Waals surface area contributed by atoms with Gasteiger partial charge in [0.25, 0.3) is 5.91 Å². The number of Topliss-reactive ketones (excluding diaryl/α,β-unsaturated/α-hetero) is 1. The minimum absolute atomic E-state index is 0.0163. The summed E-state index contributed by atoms with van der Waals surface area (Å²) in [6, 6.07) is 23.1. The Bertz CT molecular complexity index is 1480. The number of amides is 1. The monoisotopic (exact) mass is 481 g/mol. The number of carbonyl (C=O) groups excluding carboxylic acids is 3. The minimum Gasteiger partial charge on any atom is -0.503 e. The number of aliphatic hydroxyl groups excluding tert-OH is 1. The van der Waals surface area contributed by atoms with Crippen LogP contribution in [0.4, 0.5) is 5.69 Å². The first-order valence-corrected chi connectivity index (χ1v) is 11.5. The third-order valence-electron chi connectivity index (χ3n) is 5.92. The summed E-state index contributed by atoms with van der Waals surface area (Å²) in [7, 11) is 0. The molecule has 0 radical (unpaired) electrons. The lowest BCUT2D eigenvalue weighted by molar-refractivity contribution is -0.117. The third kappa shape index (κ3) is 4.05. The highest BCUT2D eigenvalue weighted by atomic mass is 16.5. The van der Waals surface area contributed by atoms with Crippen LogP contribution in [0.25, 0.3) is 11.0 Å². The number of nitrogens with zero attached hydrogens (tertiary/aromatic N) is 1. The van der Waals surface area contributed by atoms with E-state index in [2.05, 4.69) is 0 Å². The van der Waals surface area contributed by atoms with Gasteiger partial charge in [-0.1, -0.05) is 54.6 Å². The zero-order valence-electron chi connectivity index (χ0n) is 19.7. The summed E-state index contributed by atoms with van der Waals surface area (Å²) in [6.07, 6.45) is -0.314. The fourth-order valence-electron chi connectivity index (χ4n) is 4.35. The molecule has 0 saturated heterocycles. The average Bonchev–Trinajstić information content (AvgIpc) is 3.43. The highest BCUT2D eigenvalue weighted by Crippen LogP contribution is 2.42. The van der Waals surface area contributed by atoms with E-state index >= 15 is 0 Å². The number of rotatable bonds is 6. The van der Waals surface area contributed by atoms with E-state index in [0.29, 0.717) is 16.8 Å². The molecular weight excluding hydrogens is 458 g/mol. The Kier molecular flexibility index (Phi) is 5.90. The van der Waals surface area contributed by atoms with Crippen LogP contribution in [-0.4, -0.2) is 28.9 Å². The van der Waals surface area contributed by atoms with E-state index in [9.17, 15) is 19.5 Å². The normalized spacial score (nSPS) is 15.7. The number of esters is 1. The van der Waals surface area contributed by atoms with Gasteiger partial charge in [0.2, 0.25) is 5.78 Å². The van der Waals surface area contributed by atoms with Gasteiger partial charge < -0.3 is 14.3 Å². The molecule has 1 aromatic heterocycles. The van der Waals surface area contributed by atoms with Crippen molar-refractivity contribution in [1.82, 2.24) is 0 Å². The summed E-state index contributed by atoms with van der Waals surface area (Å²) in [5.41, 5.74) is 1.63. The Balaban J connectivity index is 1.61. The molecule has 7 nitrogen and oxygen atoms in total. The topological polar surface area (TPSA) is 97.0 Å². The zero-order valence-corrected chi connectivity index (χ0v) is 19.7. The van der Waals surface area contributed by atoms with Crippen LogP contribution in [0.3, 0.4) is 0 Å². The first kappa shape index (κ1) is 23.1. The molecule has 3 aromatic carbocycles. The maximum atomic E-state index is 13.7. The van der Waals surface area contributed by atoms with Crippen molar-refractivity contribution in [3.8, 4) is 0 Å².